The molecule has 2 rings (SSSR count). The van der Waals surface area contributed by atoms with Crippen molar-refractivity contribution in [2.75, 3.05) is 0 Å². The minimum absolute atomic E-state index is 0.957. The largest absolute Gasteiger partial charge is 0.103 e. The zero-order chi connectivity index (χ0) is 11.4. The Bertz CT molecular complexity index is 430. The molecule has 1 aromatic carbocycles. The van der Waals surface area contributed by atoms with Gasteiger partial charge >= 0.3 is 0 Å². The lowest BCUT2D eigenvalue weighted by molar-refractivity contribution is 0.977. The van der Waals surface area contributed by atoms with E-state index in [0.29, 0.717) is 0 Å². The monoisotopic (exact) mass is 210 g/mol. The van der Waals surface area contributed by atoms with Crippen molar-refractivity contribution in [1.29, 1.82) is 0 Å². The smallest absolute Gasteiger partial charge is 0.0100 e. The van der Waals surface area contributed by atoms with Gasteiger partial charge in [0, 0.05) is 0 Å². The van der Waals surface area contributed by atoms with E-state index in [4.69, 9.17) is 0 Å². The van der Waals surface area contributed by atoms with Crippen LogP contribution < -0.4 is 0 Å². The Kier molecular flexibility index (Phi) is 3.40. The Morgan fingerprint density at radius 1 is 1.12 bits per heavy atom. The maximum Gasteiger partial charge on any atom is -0.0100 e. The van der Waals surface area contributed by atoms with E-state index >= 15 is 0 Å². The lowest BCUT2D eigenvalue weighted by Crippen LogP contribution is -1.91. The van der Waals surface area contributed by atoms with E-state index in [9.17, 15) is 0 Å². The van der Waals surface area contributed by atoms with Crippen LogP contribution in [0.25, 0.3) is 5.57 Å². The van der Waals surface area contributed by atoms with Crippen LogP contribution >= 0.6 is 0 Å². The fourth-order valence-electron chi connectivity index (χ4n) is 2.00. The minimum Gasteiger partial charge on any atom is -0.103 e. The van der Waals surface area contributed by atoms with Gasteiger partial charge in [0.15, 0.2) is 0 Å². The summed E-state index contributed by atoms with van der Waals surface area (Å²) in [6.07, 6.45) is 9.75. The molecule has 0 heterocycles. The van der Waals surface area contributed by atoms with Crippen LogP contribution in [0, 0.1) is 0 Å². The van der Waals surface area contributed by atoms with Crippen LogP contribution in [0.1, 0.15) is 30.9 Å². The predicted octanol–water partition coefficient (Wildman–Crippen LogP) is 4.54. The summed E-state index contributed by atoms with van der Waals surface area (Å²) in [5.74, 6) is 0. The Hall–Kier alpha value is -1.56. The van der Waals surface area contributed by atoms with Crippen LogP contribution in [-0.2, 0) is 6.42 Å². The zero-order valence-electron chi connectivity index (χ0n) is 9.87. The fourth-order valence-corrected chi connectivity index (χ4v) is 2.00. The molecule has 1 aliphatic rings. The standard InChI is InChI=1S/C16H18/c1-3-4-14-7-11-16(12-8-14)15-9-5-13(2)6-10-15/h3,5,7-9,11-12H,1,4,6,10H2,2H3. The molecule has 0 fully saturated rings. The van der Waals surface area contributed by atoms with Gasteiger partial charge in [-0.05, 0) is 42.9 Å². The molecule has 0 radical (unpaired) electrons. The maximum absolute atomic E-state index is 3.76. The van der Waals surface area contributed by atoms with Crippen molar-refractivity contribution >= 4 is 5.57 Å². The highest BCUT2D eigenvalue weighted by Gasteiger charge is 2.05. The van der Waals surface area contributed by atoms with Crippen molar-refractivity contribution in [3.63, 3.8) is 0 Å². The van der Waals surface area contributed by atoms with E-state index in [-0.39, 0.29) is 0 Å². The molecule has 16 heavy (non-hydrogen) atoms. The second-order valence-corrected chi connectivity index (χ2v) is 4.39. The fraction of sp³-hybridized carbons (Fsp3) is 0.250. The van der Waals surface area contributed by atoms with Gasteiger partial charge in [-0.3, -0.25) is 0 Å². The quantitative estimate of drug-likeness (QED) is 0.642. The summed E-state index contributed by atoms with van der Waals surface area (Å²) in [7, 11) is 0. The molecule has 82 valence electrons. The third-order valence-electron chi connectivity index (χ3n) is 3.06. The van der Waals surface area contributed by atoms with Crippen molar-refractivity contribution in [1.82, 2.24) is 0 Å². The summed E-state index contributed by atoms with van der Waals surface area (Å²) in [5.41, 5.74) is 5.63. The first kappa shape index (κ1) is 10.9. The molecule has 0 saturated carbocycles. The van der Waals surface area contributed by atoms with E-state index < -0.39 is 0 Å². The minimum atomic E-state index is 0.957. The second kappa shape index (κ2) is 4.98. The third-order valence-corrected chi connectivity index (χ3v) is 3.06. The number of hydrogen-bond acceptors (Lipinski definition) is 0. The first-order valence-corrected chi connectivity index (χ1v) is 5.86. The van der Waals surface area contributed by atoms with Gasteiger partial charge in [-0.1, -0.05) is 48.1 Å². The average molecular weight is 210 g/mol. The van der Waals surface area contributed by atoms with Gasteiger partial charge in [0.1, 0.15) is 0 Å². The molecule has 1 aliphatic carbocycles. The first-order chi connectivity index (χ1) is 7.79. The van der Waals surface area contributed by atoms with Gasteiger partial charge in [-0.25, -0.2) is 0 Å². The molecule has 0 aromatic heterocycles. The number of allylic oxidation sites excluding steroid dienone is 5. The molecule has 0 N–H and O–H groups in total. The van der Waals surface area contributed by atoms with E-state index in [2.05, 4.69) is 49.9 Å². The van der Waals surface area contributed by atoms with Gasteiger partial charge in [0.2, 0.25) is 0 Å². The highest BCUT2D eigenvalue weighted by molar-refractivity contribution is 5.68. The summed E-state index contributed by atoms with van der Waals surface area (Å²) < 4.78 is 0. The van der Waals surface area contributed by atoms with E-state index in [1.165, 1.54) is 35.1 Å². The summed E-state index contributed by atoms with van der Waals surface area (Å²) in [6.45, 7) is 5.95. The molecule has 0 nitrogen and oxygen atoms in total. The maximum atomic E-state index is 3.76. The van der Waals surface area contributed by atoms with Crippen molar-refractivity contribution in [3.8, 4) is 0 Å². The average Bonchev–Trinajstić information content (AvgIpc) is 2.32. The Labute approximate surface area is 98.0 Å². The summed E-state index contributed by atoms with van der Waals surface area (Å²) in [5, 5.41) is 0. The highest BCUT2D eigenvalue weighted by atomic mass is 14.1. The Morgan fingerprint density at radius 2 is 1.88 bits per heavy atom. The highest BCUT2D eigenvalue weighted by Crippen LogP contribution is 2.26. The number of rotatable bonds is 3. The van der Waals surface area contributed by atoms with Gasteiger partial charge in [-0.15, -0.1) is 6.58 Å². The van der Waals surface area contributed by atoms with Crippen LogP contribution in [0.4, 0.5) is 0 Å². The molecule has 0 atom stereocenters. The van der Waals surface area contributed by atoms with E-state index in [1.54, 1.807) is 0 Å². The van der Waals surface area contributed by atoms with Gasteiger partial charge < -0.3 is 0 Å². The van der Waals surface area contributed by atoms with Crippen molar-refractivity contribution in [2.45, 2.75) is 26.2 Å². The predicted molar refractivity (Wildman–Crippen MR) is 71.3 cm³/mol. The number of benzene rings is 1. The van der Waals surface area contributed by atoms with Crippen LogP contribution in [-0.4, -0.2) is 0 Å². The molecule has 0 bridgehead atoms. The van der Waals surface area contributed by atoms with Crippen molar-refractivity contribution in [3.05, 3.63) is 65.8 Å². The molecule has 1 aromatic rings. The molecule has 0 spiro atoms. The molecule has 0 aliphatic heterocycles. The normalized spacial score (nSPS) is 15.3. The lowest BCUT2D eigenvalue weighted by atomic mass is 9.93. The Morgan fingerprint density at radius 3 is 2.44 bits per heavy atom. The van der Waals surface area contributed by atoms with Crippen LogP contribution in [0.3, 0.4) is 0 Å². The summed E-state index contributed by atoms with van der Waals surface area (Å²) in [6, 6.07) is 8.84. The van der Waals surface area contributed by atoms with Gasteiger partial charge in [-0.2, -0.15) is 0 Å². The van der Waals surface area contributed by atoms with Crippen LogP contribution in [0.15, 0.2) is 54.6 Å². The van der Waals surface area contributed by atoms with E-state index in [0.717, 1.165) is 6.42 Å². The lowest BCUT2D eigenvalue weighted by Gasteiger charge is -2.12. The first-order valence-electron chi connectivity index (χ1n) is 5.86. The second-order valence-electron chi connectivity index (χ2n) is 4.39. The van der Waals surface area contributed by atoms with Gasteiger partial charge in [0.25, 0.3) is 0 Å². The van der Waals surface area contributed by atoms with Crippen LogP contribution in [0.2, 0.25) is 0 Å². The third kappa shape index (κ3) is 2.52. The molecule has 0 saturated heterocycles. The summed E-state index contributed by atoms with van der Waals surface area (Å²) in [4.78, 5) is 0. The van der Waals surface area contributed by atoms with Gasteiger partial charge in [0.05, 0.1) is 0 Å². The summed E-state index contributed by atoms with van der Waals surface area (Å²) >= 11 is 0. The molecule has 0 amide bonds. The van der Waals surface area contributed by atoms with E-state index in [1.807, 2.05) is 6.08 Å². The molecular weight excluding hydrogens is 192 g/mol. The van der Waals surface area contributed by atoms with Crippen LogP contribution in [0.5, 0.6) is 0 Å². The Balaban J connectivity index is 2.19. The van der Waals surface area contributed by atoms with Crippen molar-refractivity contribution < 1.29 is 0 Å². The SMILES string of the molecule is C=CCc1ccc(C2=CC=C(C)CC2)cc1. The molecule has 0 unspecified atom stereocenters. The molecular formula is C16H18. The number of hydrogen-bond donors (Lipinski definition) is 0. The molecule has 0 heteroatoms. The zero-order valence-corrected chi connectivity index (χ0v) is 9.87. The topological polar surface area (TPSA) is 0 Å². The van der Waals surface area contributed by atoms with Crippen molar-refractivity contribution in [2.24, 2.45) is 0 Å².